The zero-order valence-corrected chi connectivity index (χ0v) is 14.2. The summed E-state index contributed by atoms with van der Waals surface area (Å²) in [6, 6.07) is 20.7. The predicted octanol–water partition coefficient (Wildman–Crippen LogP) is 3.79. The molecule has 5 heteroatoms. The molecule has 0 atom stereocenters. The average Bonchev–Trinajstić information content (AvgIpc) is 3.08. The molecule has 2 heterocycles. The van der Waals surface area contributed by atoms with E-state index in [4.69, 9.17) is 5.26 Å². The third-order valence-corrected chi connectivity index (χ3v) is 4.42. The highest BCUT2D eigenvalue weighted by Gasteiger charge is 2.16. The van der Waals surface area contributed by atoms with Gasteiger partial charge in [0.05, 0.1) is 23.0 Å². The SMILES string of the molecule is CCc1c(-c2ccccc2)nn2c(=O)cc(-c3cccc(C#N)c3)[nH]c12. The maximum atomic E-state index is 12.7. The normalized spacial score (nSPS) is 10.8. The fraction of sp³-hybridized carbons (Fsp3) is 0.0952. The van der Waals surface area contributed by atoms with Gasteiger partial charge in [-0.3, -0.25) is 4.79 Å². The van der Waals surface area contributed by atoms with Crippen LogP contribution in [0.15, 0.2) is 65.5 Å². The summed E-state index contributed by atoms with van der Waals surface area (Å²) in [7, 11) is 0. The van der Waals surface area contributed by atoms with E-state index in [0.717, 1.165) is 28.8 Å². The number of nitriles is 1. The van der Waals surface area contributed by atoms with Crippen LogP contribution in [-0.4, -0.2) is 14.6 Å². The quantitative estimate of drug-likeness (QED) is 0.616. The van der Waals surface area contributed by atoms with Gasteiger partial charge >= 0.3 is 0 Å². The molecule has 0 unspecified atom stereocenters. The van der Waals surface area contributed by atoms with Gasteiger partial charge in [0, 0.05) is 17.2 Å². The first kappa shape index (κ1) is 15.9. The van der Waals surface area contributed by atoms with Gasteiger partial charge in [-0.1, -0.05) is 49.4 Å². The van der Waals surface area contributed by atoms with E-state index in [1.54, 1.807) is 12.1 Å². The molecule has 126 valence electrons. The van der Waals surface area contributed by atoms with E-state index in [1.165, 1.54) is 10.6 Å². The van der Waals surface area contributed by atoms with Crippen molar-refractivity contribution in [2.24, 2.45) is 0 Å². The summed E-state index contributed by atoms with van der Waals surface area (Å²) < 4.78 is 1.42. The second kappa shape index (κ2) is 6.34. The van der Waals surface area contributed by atoms with Gasteiger partial charge in [-0.2, -0.15) is 14.9 Å². The molecule has 1 N–H and O–H groups in total. The Morgan fingerprint density at radius 2 is 1.85 bits per heavy atom. The number of hydrogen-bond donors (Lipinski definition) is 1. The van der Waals surface area contributed by atoms with Crippen LogP contribution in [0.1, 0.15) is 18.1 Å². The van der Waals surface area contributed by atoms with Crippen LogP contribution in [-0.2, 0) is 6.42 Å². The third kappa shape index (κ3) is 2.58. The lowest BCUT2D eigenvalue weighted by molar-refractivity contribution is 0.904. The lowest BCUT2D eigenvalue weighted by Gasteiger charge is -2.04. The summed E-state index contributed by atoms with van der Waals surface area (Å²) in [5.74, 6) is 0. The molecule has 0 spiro atoms. The molecule has 0 saturated carbocycles. The molecule has 4 rings (SSSR count). The van der Waals surface area contributed by atoms with Crippen LogP contribution in [0, 0.1) is 11.3 Å². The highest BCUT2D eigenvalue weighted by atomic mass is 16.1. The minimum absolute atomic E-state index is 0.201. The van der Waals surface area contributed by atoms with E-state index >= 15 is 0 Å². The third-order valence-electron chi connectivity index (χ3n) is 4.42. The second-order valence-corrected chi connectivity index (χ2v) is 6.02. The predicted molar refractivity (Wildman–Crippen MR) is 101 cm³/mol. The Morgan fingerprint density at radius 3 is 2.58 bits per heavy atom. The number of benzene rings is 2. The Hall–Kier alpha value is -3.65. The molecule has 0 bridgehead atoms. The first-order valence-electron chi connectivity index (χ1n) is 8.42. The van der Waals surface area contributed by atoms with Crippen molar-refractivity contribution in [1.29, 1.82) is 5.26 Å². The number of H-pyrrole nitrogens is 1. The zero-order valence-electron chi connectivity index (χ0n) is 14.2. The van der Waals surface area contributed by atoms with Crippen molar-refractivity contribution in [3.05, 3.63) is 82.1 Å². The summed E-state index contributed by atoms with van der Waals surface area (Å²) in [5, 5.41) is 13.7. The van der Waals surface area contributed by atoms with Gasteiger partial charge in [0.25, 0.3) is 5.56 Å². The standard InChI is InChI=1S/C21H16N4O/c1-2-17-20(15-8-4-3-5-9-15)24-25-19(26)12-18(23-21(17)25)16-10-6-7-14(11-16)13-22/h3-12,23H,2H2,1H3. The maximum Gasteiger partial charge on any atom is 0.274 e. The lowest BCUT2D eigenvalue weighted by atomic mass is 10.1. The van der Waals surface area contributed by atoms with Crippen molar-refractivity contribution in [2.75, 3.05) is 0 Å². The summed E-state index contributed by atoms with van der Waals surface area (Å²) in [5.41, 5.74) is 5.30. The minimum Gasteiger partial charge on any atom is -0.339 e. The number of aromatic amines is 1. The number of nitrogens with zero attached hydrogens (tertiary/aromatic N) is 3. The average molecular weight is 340 g/mol. The molecule has 2 aromatic heterocycles. The van der Waals surface area contributed by atoms with Gasteiger partial charge in [0.1, 0.15) is 5.65 Å². The summed E-state index contributed by atoms with van der Waals surface area (Å²) in [6.07, 6.45) is 0.741. The molecule has 4 aromatic rings. The van der Waals surface area contributed by atoms with E-state index in [2.05, 4.69) is 16.2 Å². The monoisotopic (exact) mass is 340 g/mol. The van der Waals surface area contributed by atoms with Crippen molar-refractivity contribution in [2.45, 2.75) is 13.3 Å². The Kier molecular flexibility index (Phi) is 3.86. The van der Waals surface area contributed by atoms with Crippen molar-refractivity contribution >= 4 is 5.65 Å². The van der Waals surface area contributed by atoms with Gasteiger partial charge in [0.2, 0.25) is 0 Å². The van der Waals surface area contributed by atoms with Crippen LogP contribution >= 0.6 is 0 Å². The topological polar surface area (TPSA) is 74.0 Å². The lowest BCUT2D eigenvalue weighted by Crippen LogP contribution is -2.14. The fourth-order valence-electron chi connectivity index (χ4n) is 3.16. The maximum absolute atomic E-state index is 12.7. The molecular formula is C21H16N4O. The van der Waals surface area contributed by atoms with Crippen LogP contribution in [0.2, 0.25) is 0 Å². The Morgan fingerprint density at radius 1 is 1.08 bits per heavy atom. The number of hydrogen-bond acceptors (Lipinski definition) is 3. The van der Waals surface area contributed by atoms with Gasteiger partial charge in [-0.05, 0) is 24.1 Å². The number of aryl methyl sites for hydroxylation is 1. The van der Waals surface area contributed by atoms with Crippen LogP contribution in [0.4, 0.5) is 0 Å². The molecule has 0 saturated heterocycles. The summed E-state index contributed by atoms with van der Waals surface area (Å²) >= 11 is 0. The molecule has 5 nitrogen and oxygen atoms in total. The zero-order chi connectivity index (χ0) is 18.1. The van der Waals surface area contributed by atoms with Crippen molar-refractivity contribution < 1.29 is 0 Å². The Bertz CT molecular complexity index is 1200. The second-order valence-electron chi connectivity index (χ2n) is 6.02. The van der Waals surface area contributed by atoms with E-state index in [1.807, 2.05) is 49.4 Å². The largest absolute Gasteiger partial charge is 0.339 e. The smallest absolute Gasteiger partial charge is 0.274 e. The van der Waals surface area contributed by atoms with Crippen LogP contribution in [0.25, 0.3) is 28.2 Å². The minimum atomic E-state index is -0.201. The molecule has 0 fully saturated rings. The first-order chi connectivity index (χ1) is 12.7. The molecule has 0 aliphatic carbocycles. The van der Waals surface area contributed by atoms with Gasteiger partial charge in [0.15, 0.2) is 0 Å². The summed E-state index contributed by atoms with van der Waals surface area (Å²) in [6.45, 7) is 2.05. The Balaban J connectivity index is 1.97. The van der Waals surface area contributed by atoms with Crippen LogP contribution in [0.5, 0.6) is 0 Å². The molecule has 0 aliphatic heterocycles. The van der Waals surface area contributed by atoms with E-state index in [-0.39, 0.29) is 5.56 Å². The van der Waals surface area contributed by atoms with Gasteiger partial charge < -0.3 is 4.98 Å². The number of aromatic nitrogens is 3. The highest BCUT2D eigenvalue weighted by molar-refractivity contribution is 5.72. The fourth-order valence-corrected chi connectivity index (χ4v) is 3.16. The highest BCUT2D eigenvalue weighted by Crippen LogP contribution is 2.26. The molecule has 2 aromatic carbocycles. The van der Waals surface area contributed by atoms with E-state index in [9.17, 15) is 4.79 Å². The van der Waals surface area contributed by atoms with Gasteiger partial charge in [-0.25, -0.2) is 0 Å². The van der Waals surface area contributed by atoms with E-state index in [0.29, 0.717) is 16.9 Å². The summed E-state index contributed by atoms with van der Waals surface area (Å²) in [4.78, 5) is 16.0. The molecular weight excluding hydrogens is 324 g/mol. The van der Waals surface area contributed by atoms with Gasteiger partial charge in [-0.15, -0.1) is 0 Å². The molecule has 0 amide bonds. The van der Waals surface area contributed by atoms with Crippen molar-refractivity contribution in [3.8, 4) is 28.6 Å². The molecule has 26 heavy (non-hydrogen) atoms. The van der Waals surface area contributed by atoms with Crippen LogP contribution < -0.4 is 5.56 Å². The number of rotatable bonds is 3. The van der Waals surface area contributed by atoms with Crippen molar-refractivity contribution in [1.82, 2.24) is 14.6 Å². The molecule has 0 radical (unpaired) electrons. The molecule has 0 aliphatic rings. The number of nitrogens with one attached hydrogen (secondary N) is 1. The van der Waals surface area contributed by atoms with Crippen LogP contribution in [0.3, 0.4) is 0 Å². The Labute approximate surface area is 150 Å². The first-order valence-corrected chi connectivity index (χ1v) is 8.42. The number of fused-ring (bicyclic) bond motifs is 1. The van der Waals surface area contributed by atoms with E-state index < -0.39 is 0 Å². The van der Waals surface area contributed by atoms with Crippen molar-refractivity contribution in [3.63, 3.8) is 0 Å².